The van der Waals surface area contributed by atoms with Crippen LogP contribution in [0, 0.1) is 0 Å². The Hall–Kier alpha value is -3.93. The van der Waals surface area contributed by atoms with Gasteiger partial charge in [-0.15, -0.1) is 0 Å². The van der Waals surface area contributed by atoms with Gasteiger partial charge in [-0.25, -0.2) is 0 Å². The number of hydrogen-bond donors (Lipinski definition) is 0. The molecule has 0 fully saturated rings. The van der Waals surface area contributed by atoms with Gasteiger partial charge in [-0.05, 0) is 83.5 Å². The van der Waals surface area contributed by atoms with Gasteiger partial charge < -0.3 is 14.2 Å². The molecule has 1 atom stereocenters. The first-order valence-electron chi connectivity index (χ1n) is 27.9. The summed E-state index contributed by atoms with van der Waals surface area (Å²) >= 11 is 0. The van der Waals surface area contributed by atoms with Crippen LogP contribution in [0.25, 0.3) is 0 Å². The van der Waals surface area contributed by atoms with Gasteiger partial charge in [0.05, 0.1) is 0 Å². The summed E-state index contributed by atoms with van der Waals surface area (Å²) in [6.45, 7) is 6.43. The van der Waals surface area contributed by atoms with Crippen molar-refractivity contribution in [3.63, 3.8) is 0 Å². The fraction of sp³-hybridized carbons (Fsp3) is 0.661. The third-order valence-corrected chi connectivity index (χ3v) is 11.5. The molecule has 0 radical (unpaired) electrons. The standard InChI is InChI=1S/C62H102O6/c1-4-7-10-13-16-18-20-22-24-25-26-27-28-29-30-31-32-33-34-35-36-37-38-40-41-43-46-49-52-55-61(64)67-58-59(57-66-60(63)54-51-48-45-15-12-9-6-3)68-62(65)56-53-50-47-44-42-39-23-21-19-17-14-11-8-5-2/h7,10,16,18,22,24,26-27,29-30,32-33,35-36,38,40,43,46,59H,4-6,8-9,11-15,17,19-21,23,25,28,31,34,37,39,41-42,44-45,47-58H2,1-3H3/b10-7-,18-16-,24-22-,27-26-,30-29-,33-32-,36-35-,40-38-,46-43-. The number of carbonyl (C=O) groups is 3. The van der Waals surface area contributed by atoms with Gasteiger partial charge in [0.25, 0.3) is 0 Å². The van der Waals surface area contributed by atoms with Crippen molar-refractivity contribution in [3.8, 4) is 0 Å². The second-order valence-electron chi connectivity index (χ2n) is 18.1. The first kappa shape index (κ1) is 64.1. The first-order chi connectivity index (χ1) is 33.5. The van der Waals surface area contributed by atoms with E-state index in [4.69, 9.17) is 14.2 Å². The molecule has 1 unspecified atom stereocenters. The Morgan fingerprint density at radius 2 is 0.574 bits per heavy atom. The second-order valence-corrected chi connectivity index (χ2v) is 18.1. The van der Waals surface area contributed by atoms with E-state index < -0.39 is 6.10 Å². The summed E-state index contributed by atoms with van der Waals surface area (Å²) in [4.78, 5) is 37.8. The Bertz CT molecular complexity index is 1410. The minimum Gasteiger partial charge on any atom is -0.462 e. The van der Waals surface area contributed by atoms with E-state index in [1.54, 1.807) is 0 Å². The summed E-state index contributed by atoms with van der Waals surface area (Å²) in [6.07, 6.45) is 75.3. The lowest BCUT2D eigenvalue weighted by Crippen LogP contribution is -2.30. The van der Waals surface area contributed by atoms with E-state index in [1.807, 2.05) is 0 Å². The largest absolute Gasteiger partial charge is 0.462 e. The molecule has 6 heteroatoms. The lowest BCUT2D eigenvalue weighted by atomic mass is 10.0. The van der Waals surface area contributed by atoms with Crippen LogP contribution in [0.15, 0.2) is 109 Å². The van der Waals surface area contributed by atoms with Gasteiger partial charge in [0.15, 0.2) is 6.10 Å². The minimum atomic E-state index is -0.797. The maximum absolute atomic E-state index is 12.8. The molecule has 0 heterocycles. The monoisotopic (exact) mass is 943 g/mol. The van der Waals surface area contributed by atoms with Crippen molar-refractivity contribution in [2.24, 2.45) is 0 Å². The van der Waals surface area contributed by atoms with Crippen LogP contribution in [-0.4, -0.2) is 37.2 Å². The quantitative estimate of drug-likeness (QED) is 0.0262. The molecule has 0 N–H and O–H groups in total. The predicted molar refractivity (Wildman–Crippen MR) is 293 cm³/mol. The fourth-order valence-electron chi connectivity index (χ4n) is 7.38. The molecule has 0 aliphatic rings. The molecule has 0 saturated heterocycles. The Kier molecular flexibility index (Phi) is 52.4. The van der Waals surface area contributed by atoms with Gasteiger partial charge in [-0.1, -0.05) is 252 Å². The molecule has 0 aliphatic heterocycles. The zero-order valence-corrected chi connectivity index (χ0v) is 44.1. The minimum absolute atomic E-state index is 0.0946. The maximum Gasteiger partial charge on any atom is 0.306 e. The van der Waals surface area contributed by atoms with Crippen molar-refractivity contribution in [1.29, 1.82) is 0 Å². The van der Waals surface area contributed by atoms with Crippen LogP contribution in [0.1, 0.15) is 245 Å². The second kappa shape index (κ2) is 55.7. The zero-order valence-electron chi connectivity index (χ0n) is 44.1. The Balaban J connectivity index is 4.29. The fourth-order valence-corrected chi connectivity index (χ4v) is 7.38. The molecule has 0 aromatic carbocycles. The van der Waals surface area contributed by atoms with Gasteiger partial charge in [-0.2, -0.15) is 0 Å². The summed E-state index contributed by atoms with van der Waals surface area (Å²) in [6, 6.07) is 0. The van der Waals surface area contributed by atoms with Crippen molar-refractivity contribution < 1.29 is 28.6 Å². The number of allylic oxidation sites excluding steroid dienone is 18. The van der Waals surface area contributed by atoms with E-state index in [1.165, 1.54) is 96.3 Å². The van der Waals surface area contributed by atoms with Crippen LogP contribution in [0.5, 0.6) is 0 Å². The molecule has 6 nitrogen and oxygen atoms in total. The highest BCUT2D eigenvalue weighted by molar-refractivity contribution is 5.71. The van der Waals surface area contributed by atoms with E-state index in [2.05, 4.69) is 130 Å². The van der Waals surface area contributed by atoms with Crippen LogP contribution in [0.3, 0.4) is 0 Å². The Morgan fingerprint density at radius 3 is 0.897 bits per heavy atom. The Labute approximate surface area is 419 Å². The Morgan fingerprint density at radius 1 is 0.309 bits per heavy atom. The lowest BCUT2D eigenvalue weighted by Gasteiger charge is -2.18. The molecule has 386 valence electrons. The van der Waals surface area contributed by atoms with Crippen molar-refractivity contribution in [3.05, 3.63) is 109 Å². The highest BCUT2D eigenvalue weighted by Crippen LogP contribution is 2.15. The summed E-state index contributed by atoms with van der Waals surface area (Å²) in [5.74, 6) is -0.964. The molecule has 0 amide bonds. The van der Waals surface area contributed by atoms with Gasteiger partial charge in [0, 0.05) is 19.3 Å². The van der Waals surface area contributed by atoms with E-state index in [0.29, 0.717) is 19.3 Å². The van der Waals surface area contributed by atoms with Crippen LogP contribution >= 0.6 is 0 Å². The van der Waals surface area contributed by atoms with Crippen molar-refractivity contribution in [2.75, 3.05) is 13.2 Å². The molecular weight excluding hydrogens is 841 g/mol. The molecule has 0 aromatic rings. The van der Waals surface area contributed by atoms with Gasteiger partial charge in [0.1, 0.15) is 13.2 Å². The third kappa shape index (κ3) is 53.0. The SMILES string of the molecule is CC/C=C\C/C=C\C/C=C\C/C=C\C/C=C\C/C=C\C/C=C\C/C=C\C/C=C\CCCC(=O)OCC(COC(=O)CCCCCCCCC)OC(=O)CCCCCCCCCCCCCCCC. The average Bonchev–Trinajstić information content (AvgIpc) is 3.34. The number of unbranched alkanes of at least 4 members (excludes halogenated alkanes) is 20. The van der Waals surface area contributed by atoms with E-state index in [-0.39, 0.29) is 37.5 Å². The molecule has 0 rings (SSSR count). The third-order valence-electron chi connectivity index (χ3n) is 11.5. The lowest BCUT2D eigenvalue weighted by molar-refractivity contribution is -0.167. The highest BCUT2D eigenvalue weighted by atomic mass is 16.6. The van der Waals surface area contributed by atoms with Crippen LogP contribution in [-0.2, 0) is 28.6 Å². The summed E-state index contributed by atoms with van der Waals surface area (Å²) in [5.41, 5.74) is 0. The van der Waals surface area contributed by atoms with Crippen molar-refractivity contribution in [1.82, 2.24) is 0 Å². The topological polar surface area (TPSA) is 78.9 Å². The molecule has 0 aliphatic carbocycles. The summed E-state index contributed by atoms with van der Waals surface area (Å²) in [7, 11) is 0. The van der Waals surface area contributed by atoms with Gasteiger partial charge in [0.2, 0.25) is 0 Å². The molecular formula is C62H102O6. The van der Waals surface area contributed by atoms with Crippen molar-refractivity contribution >= 4 is 17.9 Å². The van der Waals surface area contributed by atoms with E-state index in [0.717, 1.165) is 103 Å². The number of ether oxygens (including phenoxy) is 3. The summed E-state index contributed by atoms with van der Waals surface area (Å²) in [5, 5.41) is 0. The first-order valence-corrected chi connectivity index (χ1v) is 27.9. The van der Waals surface area contributed by atoms with E-state index in [9.17, 15) is 14.4 Å². The molecule has 0 spiro atoms. The summed E-state index contributed by atoms with van der Waals surface area (Å²) < 4.78 is 16.7. The number of esters is 3. The predicted octanol–water partition coefficient (Wildman–Crippen LogP) is 18.7. The number of hydrogen-bond acceptors (Lipinski definition) is 6. The smallest absolute Gasteiger partial charge is 0.306 e. The average molecular weight is 943 g/mol. The number of rotatable bonds is 49. The zero-order chi connectivity index (χ0) is 49.3. The van der Waals surface area contributed by atoms with Gasteiger partial charge in [-0.3, -0.25) is 14.4 Å². The molecule has 0 aromatic heterocycles. The highest BCUT2D eigenvalue weighted by Gasteiger charge is 2.19. The number of carbonyl (C=O) groups excluding carboxylic acids is 3. The van der Waals surface area contributed by atoms with Crippen molar-refractivity contribution in [2.45, 2.75) is 252 Å². The molecule has 68 heavy (non-hydrogen) atoms. The van der Waals surface area contributed by atoms with Crippen LogP contribution in [0.4, 0.5) is 0 Å². The van der Waals surface area contributed by atoms with Crippen LogP contribution < -0.4 is 0 Å². The maximum atomic E-state index is 12.8. The molecule has 0 bridgehead atoms. The van der Waals surface area contributed by atoms with Crippen LogP contribution in [0.2, 0.25) is 0 Å². The van der Waals surface area contributed by atoms with E-state index >= 15 is 0 Å². The van der Waals surface area contributed by atoms with Gasteiger partial charge >= 0.3 is 17.9 Å². The molecule has 0 saturated carbocycles. The normalized spacial score (nSPS) is 12.9.